The second-order valence-corrected chi connectivity index (χ2v) is 6.74. The lowest BCUT2D eigenvalue weighted by Gasteiger charge is -2.27. The zero-order chi connectivity index (χ0) is 12.7. The minimum atomic E-state index is 0.0882. The molecular formula is C14H20N2OS. The van der Waals surface area contributed by atoms with E-state index in [1.165, 1.54) is 37.0 Å². The summed E-state index contributed by atoms with van der Waals surface area (Å²) in [7, 11) is 1.91. The molecule has 2 saturated carbocycles. The van der Waals surface area contributed by atoms with Crippen molar-refractivity contribution >= 4 is 22.9 Å². The highest BCUT2D eigenvalue weighted by Gasteiger charge is 2.40. The van der Waals surface area contributed by atoms with E-state index >= 15 is 0 Å². The van der Waals surface area contributed by atoms with Crippen LogP contribution in [0.3, 0.4) is 0 Å². The number of amides is 1. The zero-order valence-corrected chi connectivity index (χ0v) is 11.6. The monoisotopic (exact) mass is 264 g/mol. The summed E-state index contributed by atoms with van der Waals surface area (Å²) in [6, 6.07) is 1.81. The van der Waals surface area contributed by atoms with Crippen molar-refractivity contribution in [3.05, 3.63) is 16.3 Å². The lowest BCUT2D eigenvalue weighted by atomic mass is 9.88. The number of rotatable bonds is 3. The maximum atomic E-state index is 12.3. The molecular weight excluding hydrogens is 244 g/mol. The van der Waals surface area contributed by atoms with Crippen LogP contribution in [0, 0.1) is 17.8 Å². The van der Waals surface area contributed by atoms with Gasteiger partial charge in [-0.2, -0.15) is 0 Å². The molecule has 3 unspecified atom stereocenters. The van der Waals surface area contributed by atoms with Gasteiger partial charge in [0.2, 0.25) is 0 Å². The SMILES string of the molecule is CN(CC1CC2CCC1C2)C(=O)c1sccc1N. The number of carbonyl (C=O) groups excluding carboxylic acids is 1. The van der Waals surface area contributed by atoms with E-state index in [0.717, 1.165) is 24.3 Å². The quantitative estimate of drug-likeness (QED) is 0.912. The number of fused-ring (bicyclic) bond motifs is 2. The number of anilines is 1. The molecule has 1 aromatic rings. The second kappa shape index (κ2) is 4.57. The molecule has 4 heteroatoms. The summed E-state index contributed by atoms with van der Waals surface area (Å²) in [6.45, 7) is 0.900. The first-order valence-corrected chi connectivity index (χ1v) is 7.61. The molecule has 3 nitrogen and oxygen atoms in total. The Hall–Kier alpha value is -1.03. The van der Waals surface area contributed by atoms with E-state index in [4.69, 9.17) is 5.73 Å². The third-order valence-electron chi connectivity index (χ3n) is 4.63. The van der Waals surface area contributed by atoms with E-state index < -0.39 is 0 Å². The van der Waals surface area contributed by atoms with Gasteiger partial charge in [0.1, 0.15) is 4.88 Å². The van der Waals surface area contributed by atoms with Crippen molar-refractivity contribution in [2.24, 2.45) is 17.8 Å². The molecule has 2 N–H and O–H groups in total. The second-order valence-electron chi connectivity index (χ2n) is 5.83. The first-order chi connectivity index (χ1) is 8.65. The van der Waals surface area contributed by atoms with Gasteiger partial charge >= 0.3 is 0 Å². The minimum absolute atomic E-state index is 0.0882. The largest absolute Gasteiger partial charge is 0.397 e. The molecule has 18 heavy (non-hydrogen) atoms. The van der Waals surface area contributed by atoms with Crippen LogP contribution in [0.25, 0.3) is 0 Å². The Labute approximate surface area is 112 Å². The van der Waals surface area contributed by atoms with E-state index in [9.17, 15) is 4.79 Å². The Morgan fingerprint density at radius 3 is 2.89 bits per heavy atom. The molecule has 0 radical (unpaired) electrons. The van der Waals surface area contributed by atoms with Crippen LogP contribution in [0.15, 0.2) is 11.4 Å². The molecule has 3 atom stereocenters. The Balaban J connectivity index is 1.63. The maximum absolute atomic E-state index is 12.3. The minimum Gasteiger partial charge on any atom is -0.397 e. The number of nitrogen functional groups attached to an aromatic ring is 1. The molecule has 1 aromatic heterocycles. The highest BCUT2D eigenvalue weighted by Crippen LogP contribution is 2.48. The molecule has 2 aliphatic carbocycles. The van der Waals surface area contributed by atoms with Gasteiger partial charge in [0.05, 0.1) is 5.69 Å². The van der Waals surface area contributed by atoms with Gasteiger partial charge in [0.15, 0.2) is 0 Å². The van der Waals surface area contributed by atoms with Crippen LogP contribution in [0.5, 0.6) is 0 Å². The molecule has 0 spiro atoms. The van der Waals surface area contributed by atoms with E-state index in [1.807, 2.05) is 23.4 Å². The van der Waals surface area contributed by atoms with Crippen molar-refractivity contribution in [1.29, 1.82) is 0 Å². The van der Waals surface area contributed by atoms with Crippen molar-refractivity contribution in [2.75, 3.05) is 19.3 Å². The van der Waals surface area contributed by atoms with E-state index in [1.54, 1.807) is 0 Å². The molecule has 0 aliphatic heterocycles. The van der Waals surface area contributed by atoms with Crippen LogP contribution in [0.2, 0.25) is 0 Å². The Morgan fingerprint density at radius 1 is 1.50 bits per heavy atom. The molecule has 98 valence electrons. The van der Waals surface area contributed by atoms with E-state index in [0.29, 0.717) is 10.6 Å². The standard InChI is InChI=1S/C14H20N2OS/c1-16(14(17)13-12(15)4-5-18-13)8-11-7-9-2-3-10(11)6-9/h4-5,9-11H,2-3,6-8,15H2,1H3. The van der Waals surface area contributed by atoms with Crippen molar-refractivity contribution in [3.8, 4) is 0 Å². The predicted molar refractivity (Wildman–Crippen MR) is 74.6 cm³/mol. The molecule has 2 aliphatic rings. The molecule has 1 heterocycles. The van der Waals surface area contributed by atoms with Crippen LogP contribution in [-0.2, 0) is 0 Å². The summed E-state index contributed by atoms with van der Waals surface area (Å²) >= 11 is 1.44. The number of nitrogens with zero attached hydrogens (tertiary/aromatic N) is 1. The summed E-state index contributed by atoms with van der Waals surface area (Å²) in [5.74, 6) is 2.62. The molecule has 0 saturated heterocycles. The zero-order valence-electron chi connectivity index (χ0n) is 10.8. The number of nitrogens with two attached hydrogens (primary N) is 1. The van der Waals surface area contributed by atoms with Gasteiger partial charge < -0.3 is 10.6 Å². The van der Waals surface area contributed by atoms with Gasteiger partial charge in [0, 0.05) is 13.6 Å². The fourth-order valence-corrected chi connectivity index (χ4v) is 4.51. The number of hydrogen-bond donors (Lipinski definition) is 1. The first kappa shape index (κ1) is 12.0. The van der Waals surface area contributed by atoms with E-state index in [2.05, 4.69) is 0 Å². The molecule has 1 amide bonds. The van der Waals surface area contributed by atoms with Crippen molar-refractivity contribution in [1.82, 2.24) is 4.90 Å². The average Bonchev–Trinajstić information content (AvgIpc) is 3.04. The maximum Gasteiger partial charge on any atom is 0.265 e. The average molecular weight is 264 g/mol. The highest BCUT2D eigenvalue weighted by molar-refractivity contribution is 7.12. The third-order valence-corrected chi connectivity index (χ3v) is 5.55. The van der Waals surface area contributed by atoms with Crippen molar-refractivity contribution < 1.29 is 4.79 Å². The number of hydrogen-bond acceptors (Lipinski definition) is 3. The summed E-state index contributed by atoms with van der Waals surface area (Å²) in [4.78, 5) is 14.8. The summed E-state index contributed by atoms with van der Waals surface area (Å²) < 4.78 is 0. The van der Waals surface area contributed by atoms with Crippen LogP contribution < -0.4 is 5.73 Å². The Kier molecular flexibility index (Phi) is 3.06. The molecule has 2 bridgehead atoms. The number of carbonyl (C=O) groups is 1. The molecule has 3 rings (SSSR count). The fraction of sp³-hybridized carbons (Fsp3) is 0.643. The van der Waals surface area contributed by atoms with Gasteiger partial charge in [0.25, 0.3) is 5.91 Å². The normalized spacial score (nSPS) is 29.7. The van der Waals surface area contributed by atoms with Gasteiger partial charge in [-0.3, -0.25) is 4.79 Å². The summed E-state index contributed by atoms with van der Waals surface area (Å²) in [6.07, 6.45) is 5.51. The van der Waals surface area contributed by atoms with Crippen molar-refractivity contribution in [2.45, 2.75) is 25.7 Å². The Bertz CT molecular complexity index is 456. The first-order valence-electron chi connectivity index (χ1n) is 6.73. The smallest absolute Gasteiger partial charge is 0.265 e. The molecule has 0 aromatic carbocycles. The number of thiophene rings is 1. The van der Waals surface area contributed by atoms with Crippen LogP contribution >= 0.6 is 11.3 Å². The third kappa shape index (κ3) is 2.03. The molecule has 2 fully saturated rings. The van der Waals surface area contributed by atoms with Crippen molar-refractivity contribution in [3.63, 3.8) is 0 Å². The predicted octanol–water partition coefficient (Wildman–Crippen LogP) is 2.84. The lowest BCUT2D eigenvalue weighted by Crippen LogP contribution is -2.33. The topological polar surface area (TPSA) is 46.3 Å². The van der Waals surface area contributed by atoms with Crippen LogP contribution in [0.4, 0.5) is 5.69 Å². The summed E-state index contributed by atoms with van der Waals surface area (Å²) in [5.41, 5.74) is 6.43. The van der Waals surface area contributed by atoms with Gasteiger partial charge in [-0.05, 0) is 48.5 Å². The van der Waals surface area contributed by atoms with Gasteiger partial charge in [-0.1, -0.05) is 6.42 Å². The van der Waals surface area contributed by atoms with Crippen LogP contribution in [0.1, 0.15) is 35.4 Å². The van der Waals surface area contributed by atoms with Gasteiger partial charge in [-0.15, -0.1) is 11.3 Å². The van der Waals surface area contributed by atoms with Crippen LogP contribution in [-0.4, -0.2) is 24.4 Å². The van der Waals surface area contributed by atoms with Gasteiger partial charge in [-0.25, -0.2) is 0 Å². The van der Waals surface area contributed by atoms with E-state index in [-0.39, 0.29) is 5.91 Å². The summed E-state index contributed by atoms with van der Waals surface area (Å²) in [5, 5.41) is 1.88. The highest BCUT2D eigenvalue weighted by atomic mass is 32.1. The fourth-order valence-electron chi connectivity index (χ4n) is 3.70. The Morgan fingerprint density at radius 2 is 2.33 bits per heavy atom. The lowest BCUT2D eigenvalue weighted by molar-refractivity contribution is 0.0760.